The predicted molar refractivity (Wildman–Crippen MR) is 51.6 cm³/mol. The topological polar surface area (TPSA) is 17.1 Å². The van der Waals surface area contributed by atoms with Crippen molar-refractivity contribution in [3.63, 3.8) is 0 Å². The Morgan fingerprint density at radius 2 is 1.73 bits per heavy atom. The third-order valence-electron chi connectivity index (χ3n) is 1.78. The molecule has 0 heterocycles. The van der Waals surface area contributed by atoms with Gasteiger partial charge in [-0.2, -0.15) is 13.2 Å². The van der Waals surface area contributed by atoms with Crippen LogP contribution in [0.25, 0.3) is 0 Å². The van der Waals surface area contributed by atoms with Gasteiger partial charge in [0.05, 0.1) is 10.0 Å². The van der Waals surface area contributed by atoms with Crippen molar-refractivity contribution in [2.24, 2.45) is 0 Å². The highest BCUT2D eigenvalue weighted by molar-refractivity contribution is 6.44. The third-order valence-corrected chi connectivity index (χ3v) is 2.75. The molecule has 0 fully saturated rings. The third kappa shape index (κ3) is 2.44. The summed E-state index contributed by atoms with van der Waals surface area (Å²) in [5, 5.41) is -0.397. The summed E-state index contributed by atoms with van der Waals surface area (Å²) in [5.74, 6) is -1.99. The van der Waals surface area contributed by atoms with E-state index in [0.717, 1.165) is 6.07 Å². The predicted octanol–water partition coefficient (Wildman–Crippen LogP) is 4.05. The van der Waals surface area contributed by atoms with E-state index in [1.807, 2.05) is 0 Å². The Morgan fingerprint density at radius 3 is 2.20 bits per heavy atom. The fraction of sp³-hybridized carbons (Fsp3) is 0.222. The van der Waals surface area contributed by atoms with E-state index in [0.29, 0.717) is 5.56 Å². The Labute approximate surface area is 93.8 Å². The molecule has 0 aromatic heterocycles. The first kappa shape index (κ1) is 12.3. The van der Waals surface area contributed by atoms with Crippen molar-refractivity contribution >= 4 is 29.0 Å². The van der Waals surface area contributed by atoms with Crippen LogP contribution < -0.4 is 0 Å². The molecule has 0 bridgehead atoms. The van der Waals surface area contributed by atoms with Gasteiger partial charge in [0.15, 0.2) is 0 Å². The van der Waals surface area contributed by atoms with Crippen LogP contribution in [0.3, 0.4) is 0 Å². The normalized spacial score (nSPS) is 11.6. The first-order valence-corrected chi connectivity index (χ1v) is 4.57. The van der Waals surface area contributed by atoms with Crippen LogP contribution in [0.15, 0.2) is 12.1 Å². The van der Waals surface area contributed by atoms with E-state index >= 15 is 0 Å². The van der Waals surface area contributed by atoms with Gasteiger partial charge in [-0.05, 0) is 18.6 Å². The second-order valence-electron chi connectivity index (χ2n) is 2.88. The van der Waals surface area contributed by atoms with E-state index < -0.39 is 17.5 Å². The molecular formula is C9H5Cl2F3O. The Balaban J connectivity index is 3.29. The minimum Gasteiger partial charge on any atom is -0.284 e. The number of rotatable bonds is 1. The van der Waals surface area contributed by atoms with Crippen LogP contribution in [0, 0.1) is 6.92 Å². The lowest BCUT2D eigenvalue weighted by Gasteiger charge is -2.09. The maximum absolute atomic E-state index is 12.1. The quantitative estimate of drug-likeness (QED) is 0.693. The van der Waals surface area contributed by atoms with Crippen LogP contribution in [0.5, 0.6) is 0 Å². The number of carbonyl (C=O) groups is 1. The molecule has 1 rings (SSSR count). The second-order valence-corrected chi connectivity index (χ2v) is 3.64. The average molecular weight is 257 g/mol. The van der Waals surface area contributed by atoms with Crippen molar-refractivity contribution in [1.82, 2.24) is 0 Å². The zero-order chi connectivity index (χ0) is 11.8. The van der Waals surface area contributed by atoms with Crippen LogP contribution in [0.1, 0.15) is 15.9 Å². The Kier molecular flexibility index (Phi) is 3.31. The standard InChI is InChI=1S/C9H5Cl2F3O/c1-4-2-3-5(7(11)6(4)10)8(15)9(12,13)14/h2-3H,1H3. The molecule has 0 aliphatic heterocycles. The van der Waals surface area contributed by atoms with Crippen molar-refractivity contribution in [2.75, 3.05) is 0 Å². The summed E-state index contributed by atoms with van der Waals surface area (Å²) in [7, 11) is 0. The lowest BCUT2D eigenvalue weighted by atomic mass is 10.1. The van der Waals surface area contributed by atoms with Crippen molar-refractivity contribution in [3.8, 4) is 0 Å². The van der Waals surface area contributed by atoms with Gasteiger partial charge in [-0.25, -0.2) is 0 Å². The highest BCUT2D eigenvalue weighted by Gasteiger charge is 2.40. The maximum atomic E-state index is 12.1. The van der Waals surface area contributed by atoms with Gasteiger partial charge < -0.3 is 0 Å². The van der Waals surface area contributed by atoms with E-state index in [9.17, 15) is 18.0 Å². The minimum absolute atomic E-state index is 0.0354. The Morgan fingerprint density at radius 1 is 1.20 bits per heavy atom. The fourth-order valence-electron chi connectivity index (χ4n) is 0.974. The molecule has 1 aromatic carbocycles. The van der Waals surface area contributed by atoms with Crippen molar-refractivity contribution < 1.29 is 18.0 Å². The van der Waals surface area contributed by atoms with Gasteiger partial charge in [-0.1, -0.05) is 29.3 Å². The molecule has 0 aliphatic rings. The molecule has 15 heavy (non-hydrogen) atoms. The molecule has 0 spiro atoms. The van der Waals surface area contributed by atoms with Gasteiger partial charge in [-0.3, -0.25) is 4.79 Å². The lowest BCUT2D eigenvalue weighted by Crippen LogP contribution is -2.23. The molecule has 82 valence electrons. The number of Topliss-reactive ketones (excluding diaryl/α,β-unsaturated/α-hetero) is 1. The summed E-state index contributed by atoms with van der Waals surface area (Å²) in [5.41, 5.74) is -0.111. The van der Waals surface area contributed by atoms with Gasteiger partial charge in [0, 0.05) is 5.56 Å². The van der Waals surface area contributed by atoms with E-state index in [-0.39, 0.29) is 10.0 Å². The number of halogens is 5. The summed E-state index contributed by atoms with van der Waals surface area (Å²) in [6, 6.07) is 2.33. The molecule has 0 aliphatic carbocycles. The molecule has 6 heteroatoms. The van der Waals surface area contributed by atoms with Gasteiger partial charge >= 0.3 is 6.18 Å². The monoisotopic (exact) mass is 256 g/mol. The van der Waals surface area contributed by atoms with Crippen molar-refractivity contribution in [3.05, 3.63) is 33.3 Å². The van der Waals surface area contributed by atoms with Crippen molar-refractivity contribution in [1.29, 1.82) is 0 Å². The van der Waals surface area contributed by atoms with Crippen LogP contribution >= 0.6 is 23.2 Å². The van der Waals surface area contributed by atoms with Crippen LogP contribution in [-0.2, 0) is 0 Å². The molecule has 0 saturated carbocycles. The molecule has 0 radical (unpaired) electrons. The van der Waals surface area contributed by atoms with Crippen LogP contribution in [-0.4, -0.2) is 12.0 Å². The maximum Gasteiger partial charge on any atom is 0.454 e. The van der Waals surface area contributed by atoms with Crippen LogP contribution in [0.4, 0.5) is 13.2 Å². The lowest BCUT2D eigenvalue weighted by molar-refractivity contribution is -0.0885. The molecule has 1 nitrogen and oxygen atoms in total. The van der Waals surface area contributed by atoms with Crippen molar-refractivity contribution in [2.45, 2.75) is 13.1 Å². The largest absolute Gasteiger partial charge is 0.454 e. The number of benzene rings is 1. The summed E-state index contributed by atoms with van der Waals surface area (Å²) < 4.78 is 36.3. The number of carbonyl (C=O) groups excluding carboxylic acids is 1. The Bertz CT molecular complexity index is 413. The molecule has 0 atom stereocenters. The molecule has 0 unspecified atom stereocenters. The smallest absolute Gasteiger partial charge is 0.284 e. The summed E-state index contributed by atoms with van der Waals surface area (Å²) in [6.45, 7) is 1.58. The van der Waals surface area contributed by atoms with Gasteiger partial charge in [0.25, 0.3) is 5.78 Å². The fourth-order valence-corrected chi connectivity index (χ4v) is 1.44. The molecule has 0 amide bonds. The van der Waals surface area contributed by atoms with E-state index in [2.05, 4.69) is 0 Å². The number of alkyl halides is 3. The SMILES string of the molecule is Cc1ccc(C(=O)C(F)(F)F)c(Cl)c1Cl. The van der Waals surface area contributed by atoms with E-state index in [4.69, 9.17) is 23.2 Å². The zero-order valence-electron chi connectivity index (χ0n) is 7.45. The van der Waals surface area contributed by atoms with Gasteiger partial charge in [0.2, 0.25) is 0 Å². The molecule has 0 N–H and O–H groups in total. The molecule has 1 aromatic rings. The first-order valence-electron chi connectivity index (χ1n) is 3.81. The molecular weight excluding hydrogens is 252 g/mol. The number of aryl methyl sites for hydroxylation is 1. The second kappa shape index (κ2) is 4.02. The highest BCUT2D eigenvalue weighted by atomic mass is 35.5. The van der Waals surface area contributed by atoms with Gasteiger partial charge in [0.1, 0.15) is 0 Å². The van der Waals surface area contributed by atoms with Crippen LogP contribution in [0.2, 0.25) is 10.0 Å². The van der Waals surface area contributed by atoms with E-state index in [1.165, 1.54) is 6.07 Å². The number of ketones is 1. The summed E-state index contributed by atoms with van der Waals surface area (Å²) in [6.07, 6.45) is -4.94. The first-order chi connectivity index (χ1) is 6.75. The number of hydrogen-bond donors (Lipinski definition) is 0. The molecule has 0 saturated heterocycles. The summed E-state index contributed by atoms with van der Waals surface area (Å²) in [4.78, 5) is 10.9. The zero-order valence-corrected chi connectivity index (χ0v) is 8.96. The highest BCUT2D eigenvalue weighted by Crippen LogP contribution is 2.32. The van der Waals surface area contributed by atoms with E-state index in [1.54, 1.807) is 6.92 Å². The minimum atomic E-state index is -4.94. The van der Waals surface area contributed by atoms with Gasteiger partial charge in [-0.15, -0.1) is 0 Å². The number of hydrogen-bond acceptors (Lipinski definition) is 1. The Hall–Kier alpha value is -0.740. The summed E-state index contributed by atoms with van der Waals surface area (Å²) >= 11 is 11.2. The average Bonchev–Trinajstić information content (AvgIpc) is 2.12.